The Morgan fingerprint density at radius 3 is 3.00 bits per heavy atom. The number of carbonyl (C=O) groups excluding carboxylic acids is 1. The minimum Gasteiger partial charge on any atom is -0.337 e. The second-order valence-corrected chi connectivity index (χ2v) is 4.45. The maximum Gasteiger partial charge on any atom is 0.254 e. The fourth-order valence-corrected chi connectivity index (χ4v) is 2.39. The molecule has 0 aliphatic carbocycles. The molecule has 0 saturated carbocycles. The first-order valence-corrected chi connectivity index (χ1v) is 5.78. The van der Waals surface area contributed by atoms with Crippen molar-refractivity contribution in [3.63, 3.8) is 0 Å². The van der Waals surface area contributed by atoms with Crippen LogP contribution in [0.5, 0.6) is 0 Å². The molecule has 1 aromatic rings. The largest absolute Gasteiger partial charge is 0.337 e. The number of amides is 1. The summed E-state index contributed by atoms with van der Waals surface area (Å²) in [6.45, 7) is 1.55. The van der Waals surface area contributed by atoms with Gasteiger partial charge >= 0.3 is 0 Å². The van der Waals surface area contributed by atoms with Gasteiger partial charge in [-0.05, 0) is 24.3 Å². The molecule has 2 rings (SSSR count). The summed E-state index contributed by atoms with van der Waals surface area (Å²) in [6, 6.07) is 2.03. The Morgan fingerprint density at radius 1 is 1.60 bits per heavy atom. The van der Waals surface area contributed by atoms with Gasteiger partial charge in [-0.2, -0.15) is 11.3 Å². The molecule has 1 fully saturated rings. The number of nitrogens with two attached hydrogens (primary N) is 1. The van der Waals surface area contributed by atoms with Crippen molar-refractivity contribution in [2.24, 2.45) is 5.73 Å². The van der Waals surface area contributed by atoms with Gasteiger partial charge in [0.2, 0.25) is 0 Å². The zero-order valence-corrected chi connectivity index (χ0v) is 10.0. The van der Waals surface area contributed by atoms with Crippen LogP contribution in [0.4, 0.5) is 0 Å². The van der Waals surface area contributed by atoms with Crippen LogP contribution in [0, 0.1) is 0 Å². The summed E-state index contributed by atoms with van der Waals surface area (Å²) in [5, 5.41) is 3.82. The van der Waals surface area contributed by atoms with Gasteiger partial charge in [0.25, 0.3) is 5.91 Å². The first-order chi connectivity index (χ1) is 6.77. The maximum atomic E-state index is 11.9. The fraction of sp³-hybridized carbons (Fsp3) is 0.500. The van der Waals surface area contributed by atoms with E-state index in [4.69, 9.17) is 5.73 Å². The molecule has 1 saturated heterocycles. The van der Waals surface area contributed by atoms with Gasteiger partial charge in [0.05, 0.1) is 5.56 Å². The SMILES string of the molecule is Cl.N[C@@H]1CCCN(C(=O)c2ccsc2)C1. The molecule has 84 valence electrons. The van der Waals surface area contributed by atoms with Gasteiger partial charge in [-0.3, -0.25) is 4.79 Å². The average Bonchev–Trinajstić information content (AvgIpc) is 2.69. The Balaban J connectivity index is 0.00000112. The number of halogens is 1. The topological polar surface area (TPSA) is 46.3 Å². The van der Waals surface area contributed by atoms with Crippen LogP contribution in [-0.2, 0) is 0 Å². The van der Waals surface area contributed by atoms with Crippen LogP contribution < -0.4 is 5.73 Å². The number of hydrogen-bond donors (Lipinski definition) is 1. The van der Waals surface area contributed by atoms with Gasteiger partial charge in [0.15, 0.2) is 0 Å². The molecule has 1 aliphatic rings. The molecular weight excluding hydrogens is 232 g/mol. The van der Waals surface area contributed by atoms with Crippen molar-refractivity contribution in [1.29, 1.82) is 0 Å². The third-order valence-electron chi connectivity index (χ3n) is 2.51. The highest BCUT2D eigenvalue weighted by Gasteiger charge is 2.22. The van der Waals surface area contributed by atoms with Gasteiger partial charge in [0.1, 0.15) is 0 Å². The molecular formula is C10H15ClN2OS. The lowest BCUT2D eigenvalue weighted by Gasteiger charge is -2.30. The number of thiophene rings is 1. The third kappa shape index (κ3) is 2.93. The zero-order valence-electron chi connectivity index (χ0n) is 8.39. The van der Waals surface area contributed by atoms with E-state index >= 15 is 0 Å². The van der Waals surface area contributed by atoms with Gasteiger partial charge in [0, 0.05) is 24.5 Å². The standard InChI is InChI=1S/C10H14N2OS.ClH/c11-9-2-1-4-12(6-9)10(13)8-3-5-14-7-8;/h3,5,7,9H,1-2,4,6,11H2;1H/t9-;/m1./s1. The zero-order chi connectivity index (χ0) is 9.97. The van der Waals surface area contributed by atoms with E-state index in [-0.39, 0.29) is 24.4 Å². The van der Waals surface area contributed by atoms with Crippen LogP contribution in [-0.4, -0.2) is 29.9 Å². The highest BCUT2D eigenvalue weighted by molar-refractivity contribution is 7.08. The Bertz CT molecular complexity index is 315. The van der Waals surface area contributed by atoms with E-state index in [1.807, 2.05) is 21.7 Å². The number of rotatable bonds is 1. The van der Waals surface area contributed by atoms with E-state index in [9.17, 15) is 4.79 Å². The van der Waals surface area contributed by atoms with Gasteiger partial charge < -0.3 is 10.6 Å². The number of nitrogens with zero attached hydrogens (tertiary/aromatic N) is 1. The average molecular weight is 247 g/mol. The summed E-state index contributed by atoms with van der Waals surface area (Å²) >= 11 is 1.55. The van der Waals surface area contributed by atoms with E-state index < -0.39 is 0 Å². The second kappa shape index (κ2) is 5.49. The van der Waals surface area contributed by atoms with E-state index in [1.54, 1.807) is 11.3 Å². The highest BCUT2D eigenvalue weighted by Crippen LogP contribution is 2.14. The van der Waals surface area contributed by atoms with Crippen molar-refractivity contribution in [3.05, 3.63) is 22.4 Å². The smallest absolute Gasteiger partial charge is 0.254 e. The molecule has 1 amide bonds. The molecule has 0 aromatic carbocycles. The predicted molar refractivity (Wildman–Crippen MR) is 64.7 cm³/mol. The van der Waals surface area contributed by atoms with Crippen molar-refractivity contribution < 1.29 is 4.79 Å². The summed E-state index contributed by atoms with van der Waals surface area (Å²) in [5.41, 5.74) is 6.62. The first-order valence-electron chi connectivity index (χ1n) is 4.84. The Kier molecular flexibility index (Phi) is 4.57. The second-order valence-electron chi connectivity index (χ2n) is 3.67. The van der Waals surface area contributed by atoms with Crippen LogP contribution in [0.15, 0.2) is 16.8 Å². The van der Waals surface area contributed by atoms with Gasteiger partial charge in [-0.15, -0.1) is 12.4 Å². The van der Waals surface area contributed by atoms with Crippen molar-refractivity contribution in [3.8, 4) is 0 Å². The molecule has 15 heavy (non-hydrogen) atoms. The molecule has 1 atom stereocenters. The van der Waals surface area contributed by atoms with Crippen LogP contribution >= 0.6 is 23.7 Å². The number of likely N-dealkylation sites (tertiary alicyclic amines) is 1. The molecule has 2 N–H and O–H groups in total. The monoisotopic (exact) mass is 246 g/mol. The molecule has 0 spiro atoms. The Hall–Kier alpha value is -0.580. The van der Waals surface area contributed by atoms with Crippen LogP contribution in [0.25, 0.3) is 0 Å². The molecule has 0 unspecified atom stereocenters. The molecule has 5 heteroatoms. The summed E-state index contributed by atoms with van der Waals surface area (Å²) in [7, 11) is 0. The summed E-state index contributed by atoms with van der Waals surface area (Å²) in [6.07, 6.45) is 2.06. The summed E-state index contributed by atoms with van der Waals surface area (Å²) < 4.78 is 0. The third-order valence-corrected chi connectivity index (χ3v) is 3.20. The summed E-state index contributed by atoms with van der Waals surface area (Å²) in [5.74, 6) is 0.126. The fourth-order valence-electron chi connectivity index (χ4n) is 1.76. The van der Waals surface area contributed by atoms with Crippen molar-refractivity contribution in [2.45, 2.75) is 18.9 Å². The maximum absolute atomic E-state index is 11.9. The number of carbonyl (C=O) groups is 1. The Morgan fingerprint density at radius 2 is 2.40 bits per heavy atom. The summed E-state index contributed by atoms with van der Waals surface area (Å²) in [4.78, 5) is 13.7. The van der Waals surface area contributed by atoms with Gasteiger partial charge in [-0.25, -0.2) is 0 Å². The van der Waals surface area contributed by atoms with E-state index in [2.05, 4.69) is 0 Å². The highest BCUT2D eigenvalue weighted by atomic mass is 35.5. The minimum absolute atomic E-state index is 0. The normalized spacial score (nSPS) is 20.9. The van der Waals surface area contributed by atoms with Crippen molar-refractivity contribution in [1.82, 2.24) is 4.90 Å². The minimum atomic E-state index is 0. The number of piperidine rings is 1. The lowest BCUT2D eigenvalue weighted by molar-refractivity contribution is 0.0709. The van der Waals surface area contributed by atoms with Crippen LogP contribution in [0.1, 0.15) is 23.2 Å². The Labute approximate surface area is 99.7 Å². The van der Waals surface area contributed by atoms with Crippen LogP contribution in [0.2, 0.25) is 0 Å². The molecule has 1 aliphatic heterocycles. The molecule has 0 bridgehead atoms. The van der Waals surface area contributed by atoms with E-state index in [0.717, 1.165) is 24.9 Å². The molecule has 3 nitrogen and oxygen atoms in total. The first kappa shape index (κ1) is 12.5. The number of hydrogen-bond acceptors (Lipinski definition) is 3. The molecule has 1 aromatic heterocycles. The van der Waals surface area contributed by atoms with Crippen molar-refractivity contribution in [2.75, 3.05) is 13.1 Å². The van der Waals surface area contributed by atoms with Gasteiger partial charge in [-0.1, -0.05) is 0 Å². The quantitative estimate of drug-likeness (QED) is 0.821. The molecule has 2 heterocycles. The lowest BCUT2D eigenvalue weighted by Crippen LogP contribution is -2.45. The van der Waals surface area contributed by atoms with Crippen molar-refractivity contribution >= 4 is 29.7 Å². The molecule has 0 radical (unpaired) electrons. The van der Waals surface area contributed by atoms with Crippen LogP contribution in [0.3, 0.4) is 0 Å². The van der Waals surface area contributed by atoms with E-state index in [0.29, 0.717) is 6.54 Å². The van der Waals surface area contributed by atoms with E-state index in [1.165, 1.54) is 0 Å². The predicted octanol–water partition coefficient (Wildman–Crippen LogP) is 1.73. The lowest BCUT2D eigenvalue weighted by atomic mass is 10.1.